The Kier molecular flexibility index (Phi) is 5.64. The van der Waals surface area contributed by atoms with Crippen molar-refractivity contribution in [1.82, 2.24) is 10.6 Å². The molecule has 0 radical (unpaired) electrons. The molecule has 0 saturated carbocycles. The number of hydrogen-bond acceptors (Lipinski definition) is 7. The number of phenols is 1. The van der Waals surface area contributed by atoms with Crippen molar-refractivity contribution >= 4 is 44.8 Å². The Balaban J connectivity index is 2.08. The van der Waals surface area contributed by atoms with E-state index in [2.05, 4.69) is 10.6 Å². The van der Waals surface area contributed by atoms with Crippen molar-refractivity contribution in [2.45, 2.75) is 10.3 Å². The van der Waals surface area contributed by atoms with Crippen molar-refractivity contribution in [3.63, 3.8) is 0 Å². The molecule has 11 heteroatoms. The number of thiophene rings is 1. The van der Waals surface area contributed by atoms with Gasteiger partial charge in [-0.15, -0.1) is 11.3 Å². The third-order valence-electron chi connectivity index (χ3n) is 3.97. The number of halogens is 1. The zero-order chi connectivity index (χ0) is 20.5. The highest BCUT2D eigenvalue weighted by atomic mass is 35.5. The summed E-state index contributed by atoms with van der Waals surface area (Å²) >= 11 is 6.70. The Hall–Kier alpha value is -2.56. The number of benzene rings is 1. The van der Waals surface area contributed by atoms with Crippen LogP contribution in [0.5, 0.6) is 5.75 Å². The Bertz CT molecular complexity index is 1060. The smallest absolute Gasteiger partial charge is 0.338 e. The number of nitrogens with one attached hydrogen (secondary N) is 2. The van der Waals surface area contributed by atoms with Gasteiger partial charge in [0.2, 0.25) is 0 Å². The predicted molar refractivity (Wildman–Crippen MR) is 103 cm³/mol. The first-order valence-electron chi connectivity index (χ1n) is 7.87. The van der Waals surface area contributed by atoms with E-state index >= 15 is 0 Å². The summed E-state index contributed by atoms with van der Waals surface area (Å²) in [5, 5.41) is 14.4. The van der Waals surface area contributed by atoms with E-state index in [-0.39, 0.29) is 21.2 Å². The Labute approximate surface area is 169 Å². The standard InChI is InChI=1S/C17H15ClN2O6S2/c1-26-16(22)14-11(8-28(24,25)13-7-6-12(18)27-13)19-17(23)20-15(14)9-2-4-10(21)5-3-9/h2-7,15,21H,8H2,1H3,(H2,19,20,23)/t15-/m1/s1. The molecular weight excluding hydrogens is 428 g/mol. The highest BCUT2D eigenvalue weighted by Crippen LogP contribution is 2.32. The quantitative estimate of drug-likeness (QED) is 0.611. The lowest BCUT2D eigenvalue weighted by molar-refractivity contribution is -0.136. The molecule has 8 nitrogen and oxygen atoms in total. The minimum absolute atomic E-state index is 0.00461. The first kappa shape index (κ1) is 20.2. The lowest BCUT2D eigenvalue weighted by Gasteiger charge is -2.29. The van der Waals surface area contributed by atoms with Crippen LogP contribution in [-0.4, -0.2) is 38.4 Å². The van der Waals surface area contributed by atoms with Gasteiger partial charge in [-0.05, 0) is 29.8 Å². The fourth-order valence-electron chi connectivity index (χ4n) is 2.73. The number of sulfone groups is 1. The zero-order valence-corrected chi connectivity index (χ0v) is 16.8. The molecule has 2 heterocycles. The molecule has 0 aliphatic carbocycles. The number of ether oxygens (including phenoxy) is 1. The van der Waals surface area contributed by atoms with Crippen molar-refractivity contribution in [3.8, 4) is 5.75 Å². The number of aromatic hydroxyl groups is 1. The second-order valence-electron chi connectivity index (χ2n) is 5.82. The zero-order valence-electron chi connectivity index (χ0n) is 14.4. The first-order valence-corrected chi connectivity index (χ1v) is 10.7. The molecule has 2 amide bonds. The average molecular weight is 443 g/mol. The molecule has 28 heavy (non-hydrogen) atoms. The summed E-state index contributed by atoms with van der Waals surface area (Å²) in [7, 11) is -2.71. The molecule has 1 aliphatic heterocycles. The fourth-order valence-corrected chi connectivity index (χ4v) is 5.62. The van der Waals surface area contributed by atoms with Gasteiger partial charge in [0.25, 0.3) is 0 Å². The fraction of sp³-hybridized carbons (Fsp3) is 0.176. The van der Waals surface area contributed by atoms with Crippen LogP contribution in [-0.2, 0) is 19.4 Å². The van der Waals surface area contributed by atoms with Gasteiger partial charge in [0.05, 0.1) is 28.8 Å². The normalized spacial score (nSPS) is 17.1. The van der Waals surface area contributed by atoms with Crippen LogP contribution in [0.1, 0.15) is 11.6 Å². The number of methoxy groups -OCH3 is 1. The van der Waals surface area contributed by atoms with E-state index in [1.807, 2.05) is 0 Å². The minimum Gasteiger partial charge on any atom is -0.508 e. The van der Waals surface area contributed by atoms with Gasteiger partial charge in [-0.25, -0.2) is 18.0 Å². The van der Waals surface area contributed by atoms with Crippen molar-refractivity contribution < 1.29 is 27.9 Å². The monoisotopic (exact) mass is 442 g/mol. The van der Waals surface area contributed by atoms with Crippen LogP contribution in [0.2, 0.25) is 4.34 Å². The maximum atomic E-state index is 12.7. The molecule has 1 aliphatic rings. The van der Waals surface area contributed by atoms with Crippen LogP contribution in [0.15, 0.2) is 51.9 Å². The maximum Gasteiger partial charge on any atom is 0.338 e. The highest BCUT2D eigenvalue weighted by Gasteiger charge is 2.35. The lowest BCUT2D eigenvalue weighted by Crippen LogP contribution is -2.47. The molecular formula is C17H15ClN2O6S2. The molecule has 1 aromatic heterocycles. The Morgan fingerprint density at radius 1 is 1.25 bits per heavy atom. The summed E-state index contributed by atoms with van der Waals surface area (Å²) in [6.07, 6.45) is 0. The topological polar surface area (TPSA) is 122 Å². The molecule has 1 atom stereocenters. The SMILES string of the molecule is COC(=O)C1=C(CS(=O)(=O)c2ccc(Cl)s2)NC(=O)N[C@@H]1c1ccc(O)cc1. The summed E-state index contributed by atoms with van der Waals surface area (Å²) in [5.74, 6) is -1.40. The second kappa shape index (κ2) is 7.82. The summed E-state index contributed by atoms with van der Waals surface area (Å²) in [6, 6.07) is 7.01. The van der Waals surface area contributed by atoms with Crippen molar-refractivity contribution in [1.29, 1.82) is 0 Å². The molecule has 0 fully saturated rings. The van der Waals surface area contributed by atoms with Crippen LogP contribution >= 0.6 is 22.9 Å². The third kappa shape index (κ3) is 4.13. The van der Waals surface area contributed by atoms with Gasteiger partial charge in [-0.2, -0.15) is 0 Å². The highest BCUT2D eigenvalue weighted by molar-refractivity contribution is 7.93. The van der Waals surface area contributed by atoms with Gasteiger partial charge in [-0.3, -0.25) is 0 Å². The van der Waals surface area contributed by atoms with Gasteiger partial charge in [-0.1, -0.05) is 23.7 Å². The third-order valence-corrected chi connectivity index (χ3v) is 7.43. The van der Waals surface area contributed by atoms with Crippen molar-refractivity contribution in [3.05, 3.63) is 57.6 Å². The van der Waals surface area contributed by atoms with Crippen LogP contribution in [0.25, 0.3) is 0 Å². The Morgan fingerprint density at radius 2 is 1.93 bits per heavy atom. The average Bonchev–Trinajstić information content (AvgIpc) is 3.08. The van der Waals surface area contributed by atoms with Crippen LogP contribution in [0.3, 0.4) is 0 Å². The molecule has 0 spiro atoms. The van der Waals surface area contributed by atoms with Gasteiger partial charge >= 0.3 is 12.0 Å². The molecule has 0 bridgehead atoms. The number of phenolic OH excluding ortho intramolecular Hbond substituents is 1. The van der Waals surface area contributed by atoms with Gasteiger partial charge < -0.3 is 20.5 Å². The second-order valence-corrected chi connectivity index (χ2v) is 9.76. The molecule has 2 aromatic rings. The van der Waals surface area contributed by atoms with E-state index in [9.17, 15) is 23.1 Å². The Morgan fingerprint density at radius 3 is 2.50 bits per heavy atom. The van der Waals surface area contributed by atoms with E-state index in [1.165, 1.54) is 36.4 Å². The van der Waals surface area contributed by atoms with Crippen molar-refractivity contribution in [2.75, 3.05) is 12.9 Å². The van der Waals surface area contributed by atoms with E-state index in [0.29, 0.717) is 9.90 Å². The van der Waals surface area contributed by atoms with Gasteiger partial charge in [0.15, 0.2) is 9.84 Å². The predicted octanol–water partition coefficient (Wildman–Crippen LogP) is 2.36. The number of carbonyl (C=O) groups excluding carboxylic acids is 2. The molecule has 148 valence electrons. The number of rotatable bonds is 5. The van der Waals surface area contributed by atoms with E-state index in [1.54, 1.807) is 0 Å². The summed E-state index contributed by atoms with van der Waals surface area (Å²) in [5.41, 5.74) is 0.347. The van der Waals surface area contributed by atoms with Gasteiger partial charge in [0.1, 0.15) is 9.96 Å². The van der Waals surface area contributed by atoms with E-state index < -0.39 is 33.6 Å². The largest absolute Gasteiger partial charge is 0.508 e. The first-order chi connectivity index (χ1) is 13.2. The number of esters is 1. The lowest BCUT2D eigenvalue weighted by atomic mass is 9.95. The number of amides is 2. The van der Waals surface area contributed by atoms with Crippen LogP contribution in [0.4, 0.5) is 4.79 Å². The van der Waals surface area contributed by atoms with E-state index in [0.717, 1.165) is 18.4 Å². The molecule has 0 saturated heterocycles. The molecule has 1 aromatic carbocycles. The maximum absolute atomic E-state index is 12.7. The van der Waals surface area contributed by atoms with E-state index in [4.69, 9.17) is 16.3 Å². The van der Waals surface area contributed by atoms with Gasteiger partial charge in [0, 0.05) is 5.70 Å². The summed E-state index contributed by atoms with van der Waals surface area (Å²) in [4.78, 5) is 24.6. The summed E-state index contributed by atoms with van der Waals surface area (Å²) < 4.78 is 30.6. The summed E-state index contributed by atoms with van der Waals surface area (Å²) in [6.45, 7) is 0. The minimum atomic E-state index is -3.86. The number of hydrogen-bond donors (Lipinski definition) is 3. The van der Waals surface area contributed by atoms with Crippen LogP contribution < -0.4 is 10.6 Å². The molecule has 3 N–H and O–H groups in total. The molecule has 3 rings (SSSR count). The van der Waals surface area contributed by atoms with Crippen molar-refractivity contribution in [2.24, 2.45) is 0 Å². The van der Waals surface area contributed by atoms with Crippen LogP contribution in [0, 0.1) is 0 Å². The number of urea groups is 1. The molecule has 0 unspecified atom stereocenters. The number of carbonyl (C=O) groups is 2.